The first kappa shape index (κ1) is 16.0. The Labute approximate surface area is 126 Å². The van der Waals surface area contributed by atoms with Crippen molar-refractivity contribution < 1.29 is 0 Å². The molecule has 0 aliphatic carbocycles. The van der Waals surface area contributed by atoms with Crippen LogP contribution in [0.5, 0.6) is 0 Å². The first-order valence-corrected chi connectivity index (χ1v) is 8.20. The molecular weight excluding hydrogens is 333 g/mol. The molecule has 1 rings (SSSR count). The minimum Gasteiger partial charge on any atom is -0.310 e. The monoisotopic (exact) mass is 359 g/mol. The van der Waals surface area contributed by atoms with Gasteiger partial charge in [-0.25, -0.2) is 0 Å². The molecular formula is C16H26IN. The molecule has 0 bridgehead atoms. The van der Waals surface area contributed by atoms with E-state index in [1.807, 2.05) is 0 Å². The van der Waals surface area contributed by atoms with Gasteiger partial charge >= 0.3 is 0 Å². The number of rotatable bonds is 8. The molecule has 1 unspecified atom stereocenters. The van der Waals surface area contributed by atoms with Gasteiger partial charge in [-0.15, -0.1) is 0 Å². The average molecular weight is 359 g/mol. The molecule has 0 radical (unpaired) electrons. The van der Waals surface area contributed by atoms with E-state index in [1.165, 1.54) is 34.8 Å². The maximum absolute atomic E-state index is 3.70. The molecule has 0 spiro atoms. The molecule has 0 heterocycles. The third-order valence-corrected chi connectivity index (χ3v) is 4.18. The zero-order valence-electron chi connectivity index (χ0n) is 11.9. The summed E-state index contributed by atoms with van der Waals surface area (Å²) in [6, 6.07) is 9.28. The second-order valence-corrected chi connectivity index (χ2v) is 6.52. The molecule has 18 heavy (non-hydrogen) atoms. The van der Waals surface area contributed by atoms with Crippen LogP contribution in [0.3, 0.4) is 0 Å². The van der Waals surface area contributed by atoms with Gasteiger partial charge in [0.15, 0.2) is 0 Å². The second kappa shape index (κ2) is 8.92. The van der Waals surface area contributed by atoms with E-state index < -0.39 is 0 Å². The summed E-state index contributed by atoms with van der Waals surface area (Å²) in [5.74, 6) is 0.812. The van der Waals surface area contributed by atoms with Gasteiger partial charge in [-0.3, -0.25) is 0 Å². The Morgan fingerprint density at radius 3 is 2.50 bits per heavy atom. The van der Waals surface area contributed by atoms with Crippen LogP contribution in [0.25, 0.3) is 0 Å². The van der Waals surface area contributed by atoms with Gasteiger partial charge in [0.1, 0.15) is 0 Å². The first-order chi connectivity index (χ1) is 8.65. The highest BCUT2D eigenvalue weighted by Gasteiger charge is 2.13. The molecule has 0 aromatic heterocycles. The number of halogens is 1. The fourth-order valence-corrected chi connectivity index (χ4v) is 2.94. The minimum absolute atomic E-state index is 0.525. The third-order valence-electron chi connectivity index (χ3n) is 3.20. The molecule has 1 aromatic rings. The van der Waals surface area contributed by atoms with Gasteiger partial charge in [-0.2, -0.15) is 0 Å². The van der Waals surface area contributed by atoms with Crippen molar-refractivity contribution in [3.63, 3.8) is 0 Å². The van der Waals surface area contributed by atoms with Crippen LogP contribution in [0.1, 0.15) is 58.1 Å². The van der Waals surface area contributed by atoms with E-state index in [1.54, 1.807) is 0 Å². The highest BCUT2D eigenvalue weighted by atomic mass is 127. The fourth-order valence-electron chi connectivity index (χ4n) is 2.17. The molecule has 0 aliphatic heterocycles. The van der Waals surface area contributed by atoms with Crippen molar-refractivity contribution in [1.82, 2.24) is 5.32 Å². The molecule has 1 aromatic carbocycles. The van der Waals surface area contributed by atoms with E-state index in [4.69, 9.17) is 0 Å². The van der Waals surface area contributed by atoms with Crippen LogP contribution < -0.4 is 5.32 Å². The summed E-state index contributed by atoms with van der Waals surface area (Å²) in [5, 5.41) is 3.70. The van der Waals surface area contributed by atoms with Crippen molar-refractivity contribution in [1.29, 1.82) is 0 Å². The lowest BCUT2D eigenvalue weighted by Crippen LogP contribution is -2.23. The van der Waals surface area contributed by atoms with Crippen LogP contribution in [0.2, 0.25) is 0 Å². The Bertz CT molecular complexity index is 336. The van der Waals surface area contributed by atoms with Gasteiger partial charge < -0.3 is 5.32 Å². The smallest absolute Gasteiger partial charge is 0.0330 e. The second-order valence-electron chi connectivity index (χ2n) is 5.35. The summed E-state index contributed by atoms with van der Waals surface area (Å²) in [6.45, 7) is 7.95. The number of hydrogen-bond donors (Lipinski definition) is 1. The first-order valence-electron chi connectivity index (χ1n) is 7.13. The Hall–Kier alpha value is -0.0900. The fraction of sp³-hybridized carbons (Fsp3) is 0.625. The van der Waals surface area contributed by atoms with Crippen LogP contribution in [-0.4, -0.2) is 6.54 Å². The van der Waals surface area contributed by atoms with Crippen molar-refractivity contribution in [3.8, 4) is 0 Å². The predicted octanol–water partition coefficient (Wildman–Crippen LogP) is 5.16. The largest absolute Gasteiger partial charge is 0.310 e. The molecule has 1 nitrogen and oxygen atoms in total. The SMILES string of the molecule is CCCNC(CCCC(C)C)c1ccccc1I. The topological polar surface area (TPSA) is 12.0 Å². The lowest BCUT2D eigenvalue weighted by Gasteiger charge is -2.20. The summed E-state index contributed by atoms with van der Waals surface area (Å²) in [6.07, 6.45) is 5.08. The molecule has 0 saturated heterocycles. The normalized spacial score (nSPS) is 12.9. The molecule has 2 heteroatoms. The van der Waals surface area contributed by atoms with E-state index >= 15 is 0 Å². The van der Waals surface area contributed by atoms with Crippen molar-refractivity contribution in [2.75, 3.05) is 6.54 Å². The van der Waals surface area contributed by atoms with Gasteiger partial charge in [-0.05, 0) is 59.5 Å². The Morgan fingerprint density at radius 2 is 1.89 bits per heavy atom. The van der Waals surface area contributed by atoms with E-state index in [0.29, 0.717) is 6.04 Å². The van der Waals surface area contributed by atoms with Crippen LogP contribution in [0.15, 0.2) is 24.3 Å². The van der Waals surface area contributed by atoms with E-state index in [0.717, 1.165) is 12.5 Å². The highest BCUT2D eigenvalue weighted by Crippen LogP contribution is 2.25. The van der Waals surface area contributed by atoms with Crippen molar-refractivity contribution >= 4 is 22.6 Å². The van der Waals surface area contributed by atoms with Gasteiger partial charge in [0.25, 0.3) is 0 Å². The summed E-state index contributed by atoms with van der Waals surface area (Å²) < 4.78 is 1.38. The molecule has 0 amide bonds. The Morgan fingerprint density at radius 1 is 1.17 bits per heavy atom. The maximum Gasteiger partial charge on any atom is 0.0330 e. The van der Waals surface area contributed by atoms with Gasteiger partial charge in [0, 0.05) is 9.61 Å². The highest BCUT2D eigenvalue weighted by molar-refractivity contribution is 14.1. The van der Waals surface area contributed by atoms with E-state index in [-0.39, 0.29) is 0 Å². The van der Waals surface area contributed by atoms with E-state index in [2.05, 4.69) is 72.9 Å². The van der Waals surface area contributed by atoms with Crippen LogP contribution >= 0.6 is 22.6 Å². The zero-order chi connectivity index (χ0) is 13.4. The Balaban J connectivity index is 2.62. The average Bonchev–Trinajstić information content (AvgIpc) is 2.34. The summed E-state index contributed by atoms with van der Waals surface area (Å²) in [7, 11) is 0. The lowest BCUT2D eigenvalue weighted by atomic mass is 9.98. The van der Waals surface area contributed by atoms with Crippen LogP contribution in [0, 0.1) is 9.49 Å². The van der Waals surface area contributed by atoms with Gasteiger partial charge in [0.05, 0.1) is 0 Å². The summed E-state index contributed by atoms with van der Waals surface area (Å²) in [4.78, 5) is 0. The lowest BCUT2D eigenvalue weighted by molar-refractivity contribution is 0.446. The molecule has 102 valence electrons. The number of benzene rings is 1. The third kappa shape index (κ3) is 5.70. The standard InChI is InChI=1S/C16H26IN/c1-4-12-18-16(11-7-8-13(2)3)14-9-5-6-10-15(14)17/h5-6,9-10,13,16,18H,4,7-8,11-12H2,1-3H3. The van der Waals surface area contributed by atoms with Crippen LogP contribution in [0.4, 0.5) is 0 Å². The molecule has 0 fully saturated rings. The predicted molar refractivity (Wildman–Crippen MR) is 88.9 cm³/mol. The zero-order valence-corrected chi connectivity index (χ0v) is 14.0. The molecule has 0 saturated carbocycles. The van der Waals surface area contributed by atoms with Gasteiger partial charge in [-0.1, -0.05) is 51.8 Å². The van der Waals surface area contributed by atoms with Crippen LogP contribution in [-0.2, 0) is 0 Å². The van der Waals surface area contributed by atoms with Crippen molar-refractivity contribution in [2.45, 2.75) is 52.5 Å². The summed E-state index contributed by atoms with van der Waals surface area (Å²) >= 11 is 2.45. The molecule has 1 N–H and O–H groups in total. The summed E-state index contributed by atoms with van der Waals surface area (Å²) in [5.41, 5.74) is 1.47. The number of hydrogen-bond acceptors (Lipinski definition) is 1. The minimum atomic E-state index is 0.525. The molecule has 1 atom stereocenters. The van der Waals surface area contributed by atoms with Crippen molar-refractivity contribution in [3.05, 3.63) is 33.4 Å². The van der Waals surface area contributed by atoms with Crippen molar-refractivity contribution in [2.24, 2.45) is 5.92 Å². The quantitative estimate of drug-likeness (QED) is 0.633. The number of nitrogens with one attached hydrogen (secondary N) is 1. The van der Waals surface area contributed by atoms with E-state index in [9.17, 15) is 0 Å². The Kier molecular flexibility index (Phi) is 7.91. The maximum atomic E-state index is 3.70. The molecule has 0 aliphatic rings. The van der Waals surface area contributed by atoms with Gasteiger partial charge in [0.2, 0.25) is 0 Å².